The van der Waals surface area contributed by atoms with Crippen molar-refractivity contribution < 1.29 is 9.78 Å². The Bertz CT molecular complexity index is 676. The van der Waals surface area contributed by atoms with E-state index in [0.717, 1.165) is 25.8 Å². The average molecular weight is 330 g/mol. The van der Waals surface area contributed by atoms with Crippen LogP contribution in [-0.4, -0.2) is 29.1 Å². The zero-order valence-electron chi connectivity index (χ0n) is 13.1. The van der Waals surface area contributed by atoms with Gasteiger partial charge in [-0.2, -0.15) is 10.5 Å². The quantitative estimate of drug-likeness (QED) is 0.845. The summed E-state index contributed by atoms with van der Waals surface area (Å²) in [5.41, 5.74) is 6.32. The number of thioether (sulfide) groups is 1. The van der Waals surface area contributed by atoms with Crippen LogP contribution in [0.1, 0.15) is 43.7 Å². The van der Waals surface area contributed by atoms with Gasteiger partial charge in [-0.05, 0) is 31.7 Å². The maximum atomic E-state index is 12.5. The van der Waals surface area contributed by atoms with Crippen LogP contribution in [0.3, 0.4) is 0 Å². The van der Waals surface area contributed by atoms with E-state index in [2.05, 4.69) is 11.9 Å². The van der Waals surface area contributed by atoms with Crippen LogP contribution in [0.25, 0.3) is 0 Å². The van der Waals surface area contributed by atoms with Crippen molar-refractivity contribution in [3.05, 3.63) is 17.2 Å². The van der Waals surface area contributed by atoms with Gasteiger partial charge >= 0.3 is 0 Å². The zero-order chi connectivity index (χ0) is 16.8. The number of likely N-dealkylation sites (tertiary alicyclic amines) is 1. The molecule has 23 heavy (non-hydrogen) atoms. The van der Waals surface area contributed by atoms with E-state index >= 15 is 0 Å². The van der Waals surface area contributed by atoms with Crippen LogP contribution < -0.4 is 10.7 Å². The first-order valence-corrected chi connectivity index (χ1v) is 8.67. The molecule has 120 valence electrons. The fraction of sp³-hybridized carbons (Fsp3) is 0.500. The molecule has 1 saturated heterocycles. The van der Waals surface area contributed by atoms with Gasteiger partial charge in [0.25, 0.3) is 5.82 Å². The highest BCUT2D eigenvalue weighted by molar-refractivity contribution is 7.99. The first-order valence-electron chi connectivity index (χ1n) is 7.69. The lowest BCUT2D eigenvalue weighted by atomic mass is 10.0. The number of nitrogens with one attached hydrogen (secondary N) is 1. The SMILES string of the molecule is CC[C@H]1CCCCN1C(=O)CSc1[nH+]c(N)c(C#N)cc1C#N. The highest BCUT2D eigenvalue weighted by atomic mass is 32.2. The smallest absolute Gasteiger partial charge is 0.289 e. The summed E-state index contributed by atoms with van der Waals surface area (Å²) in [7, 11) is 0. The van der Waals surface area contributed by atoms with Crippen LogP contribution in [0.15, 0.2) is 11.1 Å². The van der Waals surface area contributed by atoms with Crippen LogP contribution in [0.2, 0.25) is 0 Å². The Morgan fingerprint density at radius 1 is 1.43 bits per heavy atom. The second-order valence-electron chi connectivity index (χ2n) is 5.50. The monoisotopic (exact) mass is 330 g/mol. The topological polar surface area (TPSA) is 108 Å². The third-order valence-corrected chi connectivity index (χ3v) is 5.07. The van der Waals surface area contributed by atoms with Gasteiger partial charge in [-0.25, -0.2) is 4.98 Å². The lowest BCUT2D eigenvalue weighted by molar-refractivity contribution is -0.410. The Morgan fingerprint density at radius 3 is 2.83 bits per heavy atom. The van der Waals surface area contributed by atoms with Crippen LogP contribution in [0.5, 0.6) is 0 Å². The number of carbonyl (C=O) groups excluding carboxylic acids is 1. The van der Waals surface area contributed by atoms with Crippen molar-refractivity contribution in [2.75, 3.05) is 18.0 Å². The van der Waals surface area contributed by atoms with Crippen molar-refractivity contribution >= 4 is 23.5 Å². The van der Waals surface area contributed by atoms with Gasteiger partial charge in [0.1, 0.15) is 23.3 Å². The standard InChI is InChI=1S/C16H19N5OS/c1-2-13-5-3-4-6-21(13)14(22)10-23-16-12(9-18)7-11(8-17)15(19)20-16/h7,13H,2-6,10H2,1H3,(H2,19,20)/p+1/t13-/m0/s1. The van der Waals surface area contributed by atoms with Crippen molar-refractivity contribution in [3.63, 3.8) is 0 Å². The van der Waals surface area contributed by atoms with Crippen molar-refractivity contribution in [1.82, 2.24) is 4.90 Å². The molecule has 2 heterocycles. The number of amides is 1. The number of piperidine rings is 1. The van der Waals surface area contributed by atoms with E-state index < -0.39 is 0 Å². The molecule has 1 aliphatic rings. The van der Waals surface area contributed by atoms with Crippen LogP contribution in [0, 0.1) is 22.7 Å². The molecule has 0 saturated carbocycles. The predicted molar refractivity (Wildman–Crippen MR) is 87.2 cm³/mol. The lowest BCUT2D eigenvalue weighted by Gasteiger charge is -2.35. The number of hydrogen-bond donors (Lipinski definition) is 1. The molecule has 0 spiro atoms. The number of H-pyrrole nitrogens is 1. The summed E-state index contributed by atoms with van der Waals surface area (Å²) in [5.74, 6) is 0.556. The number of nitriles is 2. The second-order valence-corrected chi connectivity index (χ2v) is 6.48. The molecular weight excluding hydrogens is 310 g/mol. The average Bonchev–Trinajstić information content (AvgIpc) is 2.59. The van der Waals surface area contributed by atoms with Crippen molar-refractivity contribution in [2.24, 2.45) is 0 Å². The Hall–Kier alpha value is -2.25. The Morgan fingerprint density at radius 2 is 2.17 bits per heavy atom. The molecule has 1 fully saturated rings. The van der Waals surface area contributed by atoms with Crippen molar-refractivity contribution in [2.45, 2.75) is 43.7 Å². The van der Waals surface area contributed by atoms with E-state index in [0.29, 0.717) is 16.6 Å². The summed E-state index contributed by atoms with van der Waals surface area (Å²) >= 11 is 1.26. The van der Waals surface area contributed by atoms with E-state index in [4.69, 9.17) is 11.0 Å². The zero-order valence-corrected chi connectivity index (χ0v) is 13.9. The fourth-order valence-corrected chi connectivity index (χ4v) is 3.68. The van der Waals surface area contributed by atoms with Gasteiger partial charge in [-0.15, -0.1) is 0 Å². The number of hydrogen-bond acceptors (Lipinski definition) is 5. The van der Waals surface area contributed by atoms with Gasteiger partial charge in [-0.3, -0.25) is 10.5 Å². The predicted octanol–water partition coefficient (Wildman–Crippen LogP) is 1.71. The molecule has 0 radical (unpaired) electrons. The van der Waals surface area contributed by atoms with Crippen molar-refractivity contribution in [3.8, 4) is 12.1 Å². The molecule has 1 aromatic heterocycles. The van der Waals surface area contributed by atoms with Gasteiger partial charge < -0.3 is 4.90 Å². The highest BCUT2D eigenvalue weighted by Crippen LogP contribution is 2.24. The normalized spacial score (nSPS) is 17.3. The Labute approximate surface area is 140 Å². The minimum absolute atomic E-state index is 0.0850. The maximum Gasteiger partial charge on any atom is 0.289 e. The van der Waals surface area contributed by atoms with Crippen molar-refractivity contribution in [1.29, 1.82) is 10.5 Å². The van der Waals surface area contributed by atoms with Gasteiger partial charge in [0.05, 0.1) is 5.75 Å². The molecule has 0 aromatic carbocycles. The third kappa shape index (κ3) is 3.94. The van der Waals surface area contributed by atoms with Crippen LogP contribution in [-0.2, 0) is 4.79 Å². The van der Waals surface area contributed by atoms with E-state index in [1.807, 2.05) is 17.0 Å². The van der Waals surface area contributed by atoms with E-state index in [9.17, 15) is 10.1 Å². The van der Waals surface area contributed by atoms with E-state index in [-0.39, 0.29) is 23.0 Å². The summed E-state index contributed by atoms with van der Waals surface area (Å²) < 4.78 is 0. The molecule has 6 nitrogen and oxygen atoms in total. The molecule has 1 atom stereocenters. The first kappa shape index (κ1) is 17.1. The number of nitrogens with zero attached hydrogens (tertiary/aromatic N) is 3. The summed E-state index contributed by atoms with van der Waals surface area (Å²) in [6.07, 6.45) is 4.25. The first-order chi connectivity index (χ1) is 11.1. The van der Waals surface area contributed by atoms with E-state index in [1.165, 1.54) is 24.2 Å². The van der Waals surface area contributed by atoms with Crippen LogP contribution >= 0.6 is 11.8 Å². The molecule has 1 amide bonds. The number of nitrogens with two attached hydrogens (primary N) is 1. The van der Waals surface area contributed by atoms with Gasteiger partial charge in [0.15, 0.2) is 5.03 Å². The number of aromatic amines is 1. The number of rotatable bonds is 4. The Balaban J connectivity index is 2.08. The van der Waals surface area contributed by atoms with Gasteiger partial charge in [0, 0.05) is 12.6 Å². The highest BCUT2D eigenvalue weighted by Gasteiger charge is 2.26. The summed E-state index contributed by atoms with van der Waals surface area (Å²) in [6.45, 7) is 2.91. The second kappa shape index (κ2) is 7.85. The van der Waals surface area contributed by atoms with E-state index in [1.54, 1.807) is 0 Å². The molecule has 2 rings (SSSR count). The third-order valence-electron chi connectivity index (χ3n) is 4.07. The van der Waals surface area contributed by atoms with Gasteiger partial charge in [-0.1, -0.05) is 18.7 Å². The number of nitrogen functional groups attached to an aromatic ring is 1. The summed E-state index contributed by atoms with van der Waals surface area (Å²) in [4.78, 5) is 17.3. The minimum Gasteiger partial charge on any atom is -0.339 e. The summed E-state index contributed by atoms with van der Waals surface area (Å²) in [6, 6.07) is 5.75. The molecule has 1 aliphatic heterocycles. The number of anilines is 1. The van der Waals surface area contributed by atoms with Crippen LogP contribution in [0.4, 0.5) is 5.82 Å². The summed E-state index contributed by atoms with van der Waals surface area (Å²) in [5, 5.41) is 18.7. The lowest BCUT2D eigenvalue weighted by Crippen LogP contribution is -2.44. The largest absolute Gasteiger partial charge is 0.339 e. The number of aromatic nitrogens is 1. The molecular formula is C16H20N5OS+. The Kier molecular flexibility index (Phi) is 5.84. The molecule has 7 heteroatoms. The number of carbonyl (C=O) groups is 1. The molecule has 0 aliphatic carbocycles. The fourth-order valence-electron chi connectivity index (χ4n) is 2.80. The van der Waals surface area contributed by atoms with Gasteiger partial charge in [0.2, 0.25) is 5.91 Å². The minimum atomic E-state index is 0.0850. The molecule has 1 aromatic rings. The molecule has 0 unspecified atom stereocenters. The molecule has 0 bridgehead atoms. The molecule has 3 N–H and O–H groups in total. The number of pyridine rings is 1. The maximum absolute atomic E-state index is 12.5.